The number of amides is 1. The second kappa shape index (κ2) is 7.88. The van der Waals surface area contributed by atoms with E-state index in [4.69, 9.17) is 0 Å². The minimum atomic E-state index is -0.277. The van der Waals surface area contributed by atoms with Crippen LogP contribution in [0.1, 0.15) is 12.2 Å². The molecular formula is C23H19N3O2. The third-order valence-corrected chi connectivity index (χ3v) is 4.51. The normalized spacial score (nSPS) is 10.7. The Labute approximate surface area is 162 Å². The number of fused-ring (bicyclic) bond motifs is 1. The van der Waals surface area contributed by atoms with Gasteiger partial charge in [-0.15, -0.1) is 0 Å². The van der Waals surface area contributed by atoms with Gasteiger partial charge >= 0.3 is 0 Å². The Kier molecular flexibility index (Phi) is 4.97. The van der Waals surface area contributed by atoms with E-state index >= 15 is 0 Å². The summed E-state index contributed by atoms with van der Waals surface area (Å²) in [7, 11) is 0. The van der Waals surface area contributed by atoms with E-state index in [1.165, 1.54) is 0 Å². The Bertz CT molecular complexity index is 1170. The summed E-state index contributed by atoms with van der Waals surface area (Å²) in [4.78, 5) is 29.1. The molecule has 0 unspecified atom stereocenters. The molecule has 1 heterocycles. The van der Waals surface area contributed by atoms with Crippen LogP contribution in [0.4, 0.5) is 5.69 Å². The molecule has 0 aliphatic rings. The number of nitrogens with zero attached hydrogens (tertiary/aromatic N) is 2. The second-order valence-electron chi connectivity index (χ2n) is 6.44. The first-order valence-corrected chi connectivity index (χ1v) is 9.13. The zero-order valence-electron chi connectivity index (χ0n) is 15.2. The summed E-state index contributed by atoms with van der Waals surface area (Å²) in [6, 6.07) is 26.5. The summed E-state index contributed by atoms with van der Waals surface area (Å²) in [6.45, 7) is 0. The first-order valence-electron chi connectivity index (χ1n) is 9.13. The second-order valence-corrected chi connectivity index (χ2v) is 6.44. The van der Waals surface area contributed by atoms with Gasteiger partial charge in [0.25, 0.3) is 5.56 Å². The highest BCUT2D eigenvalue weighted by Crippen LogP contribution is 2.19. The quantitative estimate of drug-likeness (QED) is 0.579. The molecule has 1 amide bonds. The number of aryl methyl sites for hydroxylation is 1. The fourth-order valence-corrected chi connectivity index (χ4v) is 3.22. The van der Waals surface area contributed by atoms with Crippen molar-refractivity contribution in [1.82, 2.24) is 9.55 Å². The van der Waals surface area contributed by atoms with Crippen LogP contribution in [0.2, 0.25) is 0 Å². The molecule has 1 aromatic heterocycles. The van der Waals surface area contributed by atoms with Crippen LogP contribution in [0, 0.1) is 0 Å². The van der Waals surface area contributed by atoms with Crippen LogP contribution < -0.4 is 10.9 Å². The van der Waals surface area contributed by atoms with E-state index in [2.05, 4.69) is 10.3 Å². The minimum Gasteiger partial charge on any atom is -0.326 e. The summed E-state index contributed by atoms with van der Waals surface area (Å²) in [5.41, 5.74) is 2.16. The molecule has 0 aliphatic carbocycles. The largest absolute Gasteiger partial charge is 0.326 e. The van der Waals surface area contributed by atoms with Gasteiger partial charge in [-0.1, -0.05) is 48.5 Å². The number of carbonyl (C=O) groups excluding carboxylic acids is 1. The predicted molar refractivity (Wildman–Crippen MR) is 111 cm³/mol. The van der Waals surface area contributed by atoms with Gasteiger partial charge in [-0.2, -0.15) is 4.98 Å². The van der Waals surface area contributed by atoms with Crippen LogP contribution in [0.15, 0.2) is 89.7 Å². The Morgan fingerprint density at radius 2 is 1.50 bits per heavy atom. The number of carbonyl (C=O) groups is 1. The van der Waals surface area contributed by atoms with Crippen molar-refractivity contribution >= 4 is 22.5 Å². The molecule has 0 bridgehead atoms. The molecule has 28 heavy (non-hydrogen) atoms. The minimum absolute atomic E-state index is 0.117. The molecule has 3 aromatic carbocycles. The van der Waals surface area contributed by atoms with Crippen LogP contribution in [0.25, 0.3) is 16.6 Å². The number of rotatable bonds is 5. The molecule has 1 N–H and O–H groups in total. The zero-order valence-corrected chi connectivity index (χ0v) is 15.2. The summed E-state index contributed by atoms with van der Waals surface area (Å²) >= 11 is 0. The van der Waals surface area contributed by atoms with Gasteiger partial charge in [-0.3, -0.25) is 14.2 Å². The van der Waals surface area contributed by atoms with Crippen molar-refractivity contribution < 1.29 is 4.79 Å². The Morgan fingerprint density at radius 1 is 0.857 bits per heavy atom. The van der Waals surface area contributed by atoms with Crippen LogP contribution in [0.3, 0.4) is 0 Å². The monoisotopic (exact) mass is 369 g/mol. The smallest absolute Gasteiger partial charge is 0.280 e. The van der Waals surface area contributed by atoms with E-state index in [0.717, 1.165) is 16.9 Å². The number of hydrogen-bond donors (Lipinski definition) is 1. The first-order chi connectivity index (χ1) is 13.7. The van der Waals surface area contributed by atoms with E-state index in [1.54, 1.807) is 6.07 Å². The SMILES string of the molecule is O=C(CCc1nc(=O)c2ccccc2n1-c1ccccc1)Nc1ccccc1. The molecule has 0 atom stereocenters. The third-order valence-electron chi connectivity index (χ3n) is 4.51. The lowest BCUT2D eigenvalue weighted by atomic mass is 10.2. The van der Waals surface area contributed by atoms with Crippen LogP contribution in [-0.2, 0) is 11.2 Å². The van der Waals surface area contributed by atoms with Crippen molar-refractivity contribution in [3.8, 4) is 5.69 Å². The summed E-state index contributed by atoms with van der Waals surface area (Å²) in [6.07, 6.45) is 0.583. The molecule has 4 rings (SSSR count). The number of nitrogens with one attached hydrogen (secondary N) is 1. The van der Waals surface area contributed by atoms with E-state index in [0.29, 0.717) is 17.6 Å². The maximum atomic E-state index is 12.5. The maximum absolute atomic E-state index is 12.5. The standard InChI is InChI=1S/C23H19N3O2/c27-22(24-17-9-3-1-4-10-17)16-15-21-25-23(28)19-13-7-8-14-20(19)26(21)18-11-5-2-6-12-18/h1-14H,15-16H2,(H,24,27). The molecule has 0 aliphatic heterocycles. The van der Waals surface area contributed by atoms with Crippen LogP contribution in [0.5, 0.6) is 0 Å². The number of benzene rings is 3. The number of hydrogen-bond acceptors (Lipinski definition) is 3. The van der Waals surface area contributed by atoms with Gasteiger partial charge in [0.05, 0.1) is 10.9 Å². The molecular weight excluding hydrogens is 350 g/mol. The van der Waals surface area contributed by atoms with Crippen molar-refractivity contribution in [2.75, 3.05) is 5.32 Å². The molecule has 5 heteroatoms. The highest BCUT2D eigenvalue weighted by Gasteiger charge is 2.13. The highest BCUT2D eigenvalue weighted by atomic mass is 16.1. The van der Waals surface area contributed by atoms with Crippen LogP contribution in [-0.4, -0.2) is 15.5 Å². The molecule has 138 valence electrons. The average Bonchev–Trinajstić information content (AvgIpc) is 2.74. The van der Waals surface area contributed by atoms with Crippen molar-refractivity contribution in [3.63, 3.8) is 0 Å². The summed E-state index contributed by atoms with van der Waals surface area (Å²) in [5, 5.41) is 3.43. The highest BCUT2D eigenvalue weighted by molar-refractivity contribution is 5.90. The van der Waals surface area contributed by atoms with Gasteiger partial charge in [-0.05, 0) is 36.4 Å². The Morgan fingerprint density at radius 3 is 2.25 bits per heavy atom. The Balaban J connectivity index is 1.68. The van der Waals surface area contributed by atoms with Crippen molar-refractivity contribution in [3.05, 3.63) is 101 Å². The van der Waals surface area contributed by atoms with Gasteiger partial charge in [0.1, 0.15) is 5.82 Å². The van der Waals surface area contributed by atoms with E-state index in [-0.39, 0.29) is 17.9 Å². The maximum Gasteiger partial charge on any atom is 0.280 e. The van der Waals surface area contributed by atoms with Gasteiger partial charge in [-0.25, -0.2) is 0 Å². The van der Waals surface area contributed by atoms with E-state index in [1.807, 2.05) is 83.4 Å². The molecule has 4 aromatic rings. The Hall–Kier alpha value is -3.73. The van der Waals surface area contributed by atoms with Gasteiger partial charge in [0.15, 0.2) is 0 Å². The topological polar surface area (TPSA) is 64.0 Å². The average molecular weight is 369 g/mol. The number of para-hydroxylation sites is 3. The van der Waals surface area contributed by atoms with E-state index in [9.17, 15) is 9.59 Å². The van der Waals surface area contributed by atoms with Gasteiger partial charge in [0, 0.05) is 24.2 Å². The summed E-state index contributed by atoms with van der Waals surface area (Å²) in [5.74, 6) is 0.450. The van der Waals surface area contributed by atoms with Gasteiger partial charge in [0.2, 0.25) is 5.91 Å². The van der Waals surface area contributed by atoms with Gasteiger partial charge < -0.3 is 5.32 Å². The van der Waals surface area contributed by atoms with Crippen LogP contribution >= 0.6 is 0 Å². The molecule has 0 fully saturated rings. The first kappa shape index (κ1) is 17.7. The van der Waals surface area contributed by atoms with Crippen molar-refractivity contribution in [2.45, 2.75) is 12.8 Å². The fourth-order valence-electron chi connectivity index (χ4n) is 3.22. The molecule has 0 saturated carbocycles. The lowest BCUT2D eigenvalue weighted by Gasteiger charge is -2.16. The fraction of sp³-hybridized carbons (Fsp3) is 0.0870. The van der Waals surface area contributed by atoms with Crippen molar-refractivity contribution in [2.24, 2.45) is 0 Å². The third kappa shape index (κ3) is 3.69. The lowest BCUT2D eigenvalue weighted by molar-refractivity contribution is -0.116. The number of anilines is 1. The molecule has 0 spiro atoms. The lowest BCUT2D eigenvalue weighted by Crippen LogP contribution is -2.20. The van der Waals surface area contributed by atoms with E-state index < -0.39 is 0 Å². The van der Waals surface area contributed by atoms with Crippen molar-refractivity contribution in [1.29, 1.82) is 0 Å². The molecule has 0 saturated heterocycles. The molecule has 5 nitrogen and oxygen atoms in total. The number of aromatic nitrogens is 2. The zero-order chi connectivity index (χ0) is 19.3. The predicted octanol–water partition coefficient (Wildman–Crippen LogP) is 3.96. The summed E-state index contributed by atoms with van der Waals surface area (Å²) < 4.78 is 1.95. The molecule has 0 radical (unpaired) electrons.